The van der Waals surface area contributed by atoms with E-state index < -0.39 is 11.7 Å². The van der Waals surface area contributed by atoms with E-state index in [2.05, 4.69) is 15.2 Å². The Bertz CT molecular complexity index is 1660. The zero-order chi connectivity index (χ0) is 30.8. The van der Waals surface area contributed by atoms with Gasteiger partial charge in [-0.2, -0.15) is 13.2 Å². The highest BCUT2D eigenvalue weighted by Crippen LogP contribution is 2.37. The van der Waals surface area contributed by atoms with Crippen molar-refractivity contribution in [3.63, 3.8) is 0 Å². The van der Waals surface area contributed by atoms with E-state index >= 15 is 0 Å². The molecular weight excluding hydrogens is 591 g/mol. The summed E-state index contributed by atoms with van der Waals surface area (Å²) in [5.41, 5.74) is 3.37. The number of piperazine rings is 1. The van der Waals surface area contributed by atoms with Gasteiger partial charge in [-0.3, -0.25) is 4.79 Å². The van der Waals surface area contributed by atoms with E-state index in [4.69, 9.17) is 16.3 Å². The number of rotatable bonds is 6. The van der Waals surface area contributed by atoms with Crippen molar-refractivity contribution in [2.45, 2.75) is 12.7 Å². The van der Waals surface area contributed by atoms with E-state index in [0.717, 1.165) is 28.6 Å². The lowest BCUT2D eigenvalue weighted by Gasteiger charge is -2.36. The Balaban J connectivity index is 1.16. The van der Waals surface area contributed by atoms with E-state index in [0.29, 0.717) is 56.3 Å². The summed E-state index contributed by atoms with van der Waals surface area (Å²) in [5, 5.41) is 3.48. The molecule has 2 aliphatic heterocycles. The number of para-hydroxylation sites is 2. The van der Waals surface area contributed by atoms with Crippen LogP contribution in [0.2, 0.25) is 5.02 Å². The fourth-order valence-corrected chi connectivity index (χ4v) is 5.98. The molecule has 0 aliphatic carbocycles. The Kier molecular flexibility index (Phi) is 8.27. The number of benzene rings is 3. The predicted octanol–water partition coefficient (Wildman–Crippen LogP) is 6.82. The van der Waals surface area contributed by atoms with Crippen LogP contribution in [0, 0.1) is 0 Å². The van der Waals surface area contributed by atoms with Crippen LogP contribution in [-0.2, 0) is 12.7 Å². The van der Waals surface area contributed by atoms with Crippen LogP contribution in [0.15, 0.2) is 79.0 Å². The van der Waals surface area contributed by atoms with Gasteiger partial charge >= 0.3 is 6.18 Å². The number of nitrogens with zero attached hydrogens (tertiary/aromatic N) is 4. The van der Waals surface area contributed by atoms with Crippen LogP contribution < -0.4 is 19.9 Å². The van der Waals surface area contributed by atoms with E-state index in [1.807, 2.05) is 52.3 Å². The van der Waals surface area contributed by atoms with Crippen LogP contribution in [0.25, 0.3) is 11.1 Å². The lowest BCUT2D eigenvalue weighted by Crippen LogP contribution is -2.48. The number of halogens is 4. The smallest absolute Gasteiger partial charge is 0.416 e. The minimum Gasteiger partial charge on any atom is -0.495 e. The van der Waals surface area contributed by atoms with Crippen LogP contribution in [0.3, 0.4) is 0 Å². The van der Waals surface area contributed by atoms with Gasteiger partial charge in [0.25, 0.3) is 5.91 Å². The molecule has 3 heterocycles. The minimum atomic E-state index is -4.49. The van der Waals surface area contributed by atoms with Gasteiger partial charge in [-0.25, -0.2) is 4.98 Å². The first kappa shape index (κ1) is 29.6. The van der Waals surface area contributed by atoms with Crippen molar-refractivity contribution in [1.82, 2.24) is 9.88 Å². The number of fused-ring (bicyclic) bond motifs is 1. The number of aromatic nitrogens is 1. The molecule has 0 radical (unpaired) electrons. The van der Waals surface area contributed by atoms with Crippen molar-refractivity contribution < 1.29 is 22.7 Å². The van der Waals surface area contributed by atoms with Crippen molar-refractivity contribution in [2.75, 3.05) is 61.5 Å². The van der Waals surface area contributed by atoms with Crippen molar-refractivity contribution >= 4 is 34.7 Å². The molecule has 1 aromatic heterocycles. The number of amides is 1. The summed E-state index contributed by atoms with van der Waals surface area (Å²) in [6, 6.07) is 20.8. The number of hydrogen-bond donors (Lipinski definition) is 1. The largest absolute Gasteiger partial charge is 0.495 e. The highest BCUT2D eigenvalue weighted by Gasteiger charge is 2.34. The minimum absolute atomic E-state index is 0.0304. The molecule has 0 bridgehead atoms. The SMILES string of the molecule is COc1ccccc1N1CCN(C(=O)c2ccc(-c3cnc4c(c3)N(Cc3cc(Cl)ccc3C(F)(F)F)CCN4)cc2)CC1. The summed E-state index contributed by atoms with van der Waals surface area (Å²) in [5.74, 6) is 1.39. The summed E-state index contributed by atoms with van der Waals surface area (Å²) < 4.78 is 46.7. The summed E-state index contributed by atoms with van der Waals surface area (Å²) in [4.78, 5) is 23.8. The molecule has 0 atom stereocenters. The summed E-state index contributed by atoms with van der Waals surface area (Å²) in [6.45, 7) is 3.68. The van der Waals surface area contributed by atoms with Gasteiger partial charge in [-0.05, 0) is 59.7 Å². The Hall–Kier alpha value is -4.44. The fraction of sp³-hybridized carbons (Fsp3) is 0.273. The van der Waals surface area contributed by atoms with Crippen molar-refractivity contribution in [1.29, 1.82) is 0 Å². The van der Waals surface area contributed by atoms with E-state index in [-0.39, 0.29) is 23.0 Å². The zero-order valence-corrected chi connectivity index (χ0v) is 24.8. The third-order valence-corrected chi connectivity index (χ3v) is 8.31. The number of ether oxygens (including phenoxy) is 1. The predicted molar refractivity (Wildman–Crippen MR) is 167 cm³/mol. The molecule has 228 valence electrons. The van der Waals surface area contributed by atoms with Crippen molar-refractivity contribution in [2.24, 2.45) is 0 Å². The normalized spacial score (nSPS) is 15.1. The van der Waals surface area contributed by atoms with E-state index in [1.54, 1.807) is 25.4 Å². The number of anilines is 3. The molecule has 1 amide bonds. The molecule has 0 unspecified atom stereocenters. The molecule has 3 aromatic carbocycles. The second-order valence-corrected chi connectivity index (χ2v) is 11.2. The van der Waals surface area contributed by atoms with Crippen LogP contribution >= 0.6 is 11.6 Å². The second-order valence-electron chi connectivity index (χ2n) is 10.8. The van der Waals surface area contributed by atoms with Crippen molar-refractivity contribution in [3.05, 3.63) is 101 Å². The van der Waals surface area contributed by atoms with E-state index in [9.17, 15) is 18.0 Å². The number of hydrogen-bond acceptors (Lipinski definition) is 6. The van der Waals surface area contributed by atoms with Gasteiger partial charge < -0.3 is 24.8 Å². The maximum atomic E-state index is 13.7. The number of alkyl halides is 3. The van der Waals surface area contributed by atoms with Crippen LogP contribution in [0.1, 0.15) is 21.5 Å². The average molecular weight is 622 g/mol. The van der Waals surface area contributed by atoms with Gasteiger partial charge in [0.1, 0.15) is 11.6 Å². The molecule has 4 aromatic rings. The molecule has 0 saturated carbocycles. The Morgan fingerprint density at radius 1 is 0.932 bits per heavy atom. The lowest BCUT2D eigenvalue weighted by atomic mass is 10.0. The third kappa shape index (κ3) is 6.12. The molecule has 1 fully saturated rings. The number of nitrogens with one attached hydrogen (secondary N) is 1. The maximum Gasteiger partial charge on any atom is 0.416 e. The number of carbonyl (C=O) groups is 1. The first-order valence-corrected chi connectivity index (χ1v) is 14.7. The lowest BCUT2D eigenvalue weighted by molar-refractivity contribution is -0.138. The highest BCUT2D eigenvalue weighted by atomic mass is 35.5. The summed E-state index contributed by atoms with van der Waals surface area (Å²) in [7, 11) is 1.66. The molecular formula is C33H31ClF3N5O2. The summed E-state index contributed by atoms with van der Waals surface area (Å²) in [6.07, 6.45) is -2.76. The monoisotopic (exact) mass is 621 g/mol. The first-order chi connectivity index (χ1) is 21.2. The second kappa shape index (κ2) is 12.3. The average Bonchev–Trinajstić information content (AvgIpc) is 3.04. The molecule has 44 heavy (non-hydrogen) atoms. The van der Waals surface area contributed by atoms with Gasteiger partial charge in [-0.1, -0.05) is 35.9 Å². The van der Waals surface area contributed by atoms with Gasteiger partial charge in [0.2, 0.25) is 0 Å². The Morgan fingerprint density at radius 3 is 2.41 bits per heavy atom. The Morgan fingerprint density at radius 2 is 1.68 bits per heavy atom. The van der Waals surface area contributed by atoms with Crippen LogP contribution in [0.4, 0.5) is 30.4 Å². The van der Waals surface area contributed by atoms with Gasteiger partial charge in [0.15, 0.2) is 0 Å². The molecule has 6 rings (SSSR count). The molecule has 2 aliphatic rings. The molecule has 1 N–H and O–H groups in total. The molecule has 1 saturated heterocycles. The van der Waals surface area contributed by atoms with Gasteiger partial charge in [-0.15, -0.1) is 0 Å². The first-order valence-electron chi connectivity index (χ1n) is 14.3. The highest BCUT2D eigenvalue weighted by molar-refractivity contribution is 6.30. The van der Waals surface area contributed by atoms with Gasteiger partial charge in [0.05, 0.1) is 24.0 Å². The zero-order valence-electron chi connectivity index (χ0n) is 24.1. The van der Waals surface area contributed by atoms with E-state index in [1.165, 1.54) is 12.1 Å². The maximum absolute atomic E-state index is 13.7. The number of carbonyl (C=O) groups excluding carboxylic acids is 1. The molecule has 0 spiro atoms. The van der Waals surface area contributed by atoms with Crippen LogP contribution in [0.5, 0.6) is 5.75 Å². The number of pyridine rings is 1. The van der Waals surface area contributed by atoms with Gasteiger partial charge in [0, 0.05) is 68.2 Å². The quantitative estimate of drug-likeness (QED) is 0.255. The standard InChI is InChI=1S/C33H31ClF3N5O2/c1-44-30-5-3-2-4-28(30)40-14-16-41(17-15-40)32(43)23-8-6-22(7-9-23)24-19-29-31(39-20-24)38-12-13-42(29)21-25-18-26(34)10-11-27(25)33(35,36)37/h2-11,18-20H,12-17,21H2,1H3,(H,38,39). The van der Waals surface area contributed by atoms with Crippen LogP contribution in [-0.4, -0.2) is 62.2 Å². The topological polar surface area (TPSA) is 60.9 Å². The Labute approximate surface area is 258 Å². The third-order valence-electron chi connectivity index (χ3n) is 8.07. The summed E-state index contributed by atoms with van der Waals surface area (Å²) >= 11 is 6.07. The fourth-order valence-electron chi connectivity index (χ4n) is 5.79. The van der Waals surface area contributed by atoms with Crippen molar-refractivity contribution in [3.8, 4) is 16.9 Å². The molecule has 11 heteroatoms. The molecule has 7 nitrogen and oxygen atoms in total. The number of methoxy groups -OCH3 is 1.